The maximum Gasteiger partial charge on any atom is 0.278 e. The molecule has 0 aliphatic carbocycles. The van der Waals surface area contributed by atoms with Crippen molar-refractivity contribution in [2.75, 3.05) is 26.7 Å². The zero-order valence-corrected chi connectivity index (χ0v) is 17.0. The van der Waals surface area contributed by atoms with Crippen molar-refractivity contribution in [2.45, 2.75) is 32.7 Å². The third kappa shape index (κ3) is 5.23. The van der Waals surface area contributed by atoms with E-state index in [1.165, 1.54) is 0 Å². The number of amides is 1. The Labute approximate surface area is 167 Å². The molecule has 3 rings (SSSR count). The lowest BCUT2D eigenvalue weighted by Crippen LogP contribution is -2.44. The molecule has 1 fully saturated rings. The van der Waals surface area contributed by atoms with Crippen LogP contribution in [-0.2, 0) is 0 Å². The van der Waals surface area contributed by atoms with Gasteiger partial charge in [-0.15, -0.1) is 12.4 Å². The summed E-state index contributed by atoms with van der Waals surface area (Å²) in [7, 11) is 1.87. The van der Waals surface area contributed by atoms with Gasteiger partial charge in [-0.25, -0.2) is 4.68 Å². The second kappa shape index (κ2) is 9.76. The molecule has 0 spiro atoms. The van der Waals surface area contributed by atoms with Crippen LogP contribution >= 0.6 is 12.4 Å². The van der Waals surface area contributed by atoms with Gasteiger partial charge in [-0.2, -0.15) is 5.10 Å². The Morgan fingerprint density at radius 2 is 1.96 bits per heavy atom. The molecule has 1 aliphatic heterocycles. The van der Waals surface area contributed by atoms with Crippen molar-refractivity contribution in [3.63, 3.8) is 0 Å². The van der Waals surface area contributed by atoms with E-state index in [0.29, 0.717) is 24.0 Å². The molecule has 0 saturated carbocycles. The van der Waals surface area contributed by atoms with E-state index in [0.717, 1.165) is 31.6 Å². The number of aromatic nitrogens is 2. The van der Waals surface area contributed by atoms with E-state index < -0.39 is 0 Å². The van der Waals surface area contributed by atoms with Gasteiger partial charge in [-0.05, 0) is 44.0 Å². The molecule has 1 aliphatic rings. The number of hydrogen-bond acceptors (Lipinski definition) is 4. The minimum Gasteiger partial charge on any atom is -0.489 e. The minimum absolute atomic E-state index is 0. The predicted octanol–water partition coefficient (Wildman–Crippen LogP) is 3.15. The Bertz CT molecular complexity index is 727. The van der Waals surface area contributed by atoms with Crippen LogP contribution < -0.4 is 10.1 Å². The normalized spacial score (nSPS) is 14.7. The topological polar surface area (TPSA) is 59.4 Å². The third-order valence-corrected chi connectivity index (χ3v) is 4.65. The van der Waals surface area contributed by atoms with Crippen molar-refractivity contribution < 1.29 is 9.53 Å². The second-order valence-electron chi connectivity index (χ2n) is 7.22. The molecule has 1 aromatic carbocycles. The van der Waals surface area contributed by atoms with Gasteiger partial charge in [0.05, 0.1) is 18.5 Å². The summed E-state index contributed by atoms with van der Waals surface area (Å²) < 4.78 is 7.64. The lowest BCUT2D eigenvalue weighted by atomic mass is 10.1. The zero-order chi connectivity index (χ0) is 18.5. The summed E-state index contributed by atoms with van der Waals surface area (Å²) >= 11 is 0. The number of ether oxygens (including phenoxy) is 1. The maximum atomic E-state index is 13.1. The van der Waals surface area contributed by atoms with Gasteiger partial charge >= 0.3 is 0 Å². The summed E-state index contributed by atoms with van der Waals surface area (Å²) in [6.45, 7) is 6.61. The van der Waals surface area contributed by atoms with E-state index in [2.05, 4.69) is 24.3 Å². The summed E-state index contributed by atoms with van der Waals surface area (Å²) in [5.74, 6) is 0.846. The lowest BCUT2D eigenvalue weighted by molar-refractivity contribution is 0.0691. The van der Waals surface area contributed by atoms with Crippen LogP contribution in [0.4, 0.5) is 0 Å². The Kier molecular flexibility index (Phi) is 7.68. The molecule has 0 atom stereocenters. The molecule has 1 saturated heterocycles. The van der Waals surface area contributed by atoms with Crippen LogP contribution in [0.5, 0.6) is 5.75 Å². The average Bonchev–Trinajstić information content (AvgIpc) is 3.11. The summed E-state index contributed by atoms with van der Waals surface area (Å²) in [5, 5.41) is 7.89. The minimum atomic E-state index is -0.0784. The molecule has 1 aromatic heterocycles. The maximum absolute atomic E-state index is 13.1. The smallest absolute Gasteiger partial charge is 0.278 e. The largest absolute Gasteiger partial charge is 0.489 e. The molecule has 7 heteroatoms. The van der Waals surface area contributed by atoms with Crippen molar-refractivity contribution in [1.82, 2.24) is 20.0 Å². The fourth-order valence-electron chi connectivity index (χ4n) is 3.11. The van der Waals surface area contributed by atoms with Crippen molar-refractivity contribution >= 4 is 18.3 Å². The van der Waals surface area contributed by atoms with Crippen LogP contribution in [0.2, 0.25) is 0 Å². The number of rotatable bonds is 6. The molecule has 1 amide bonds. The standard InChI is InChI=1S/C20H28N4O2.ClH/c1-15(2)14-26-18-13-24(17-7-5-4-6-8-17)22-19(18)20(25)23(3)16-9-11-21-12-10-16;/h4-8,13,15-16,21H,9-12,14H2,1-3H3;1H. The summed E-state index contributed by atoms with van der Waals surface area (Å²) in [5.41, 5.74) is 1.29. The highest BCUT2D eigenvalue weighted by molar-refractivity contribution is 5.95. The molecule has 148 valence electrons. The van der Waals surface area contributed by atoms with E-state index >= 15 is 0 Å². The molecule has 2 aromatic rings. The molecular weight excluding hydrogens is 364 g/mol. The third-order valence-electron chi connectivity index (χ3n) is 4.65. The van der Waals surface area contributed by atoms with Gasteiger partial charge in [0.25, 0.3) is 5.91 Å². The molecule has 27 heavy (non-hydrogen) atoms. The van der Waals surface area contributed by atoms with E-state index in [1.807, 2.05) is 42.3 Å². The van der Waals surface area contributed by atoms with Gasteiger partial charge in [-0.1, -0.05) is 32.0 Å². The van der Waals surface area contributed by atoms with Crippen LogP contribution in [0.1, 0.15) is 37.2 Å². The number of halogens is 1. The van der Waals surface area contributed by atoms with E-state index in [9.17, 15) is 4.79 Å². The first kappa shape index (κ1) is 21.3. The number of carbonyl (C=O) groups excluding carboxylic acids is 1. The highest BCUT2D eigenvalue weighted by Crippen LogP contribution is 2.23. The SMILES string of the molecule is CC(C)COc1cn(-c2ccccc2)nc1C(=O)N(C)C1CCNCC1.Cl. The molecule has 0 radical (unpaired) electrons. The summed E-state index contributed by atoms with van der Waals surface area (Å²) in [6.07, 6.45) is 3.73. The van der Waals surface area contributed by atoms with Gasteiger partial charge < -0.3 is 15.0 Å². The van der Waals surface area contributed by atoms with Gasteiger partial charge in [0.2, 0.25) is 0 Å². The summed E-state index contributed by atoms with van der Waals surface area (Å²) in [6, 6.07) is 10.0. The first-order chi connectivity index (χ1) is 12.6. The zero-order valence-electron chi connectivity index (χ0n) is 16.2. The Balaban J connectivity index is 0.00000261. The van der Waals surface area contributed by atoms with E-state index in [4.69, 9.17) is 4.74 Å². The van der Waals surface area contributed by atoms with Crippen LogP contribution in [0.25, 0.3) is 5.69 Å². The number of benzene rings is 1. The highest BCUT2D eigenvalue weighted by Gasteiger charge is 2.28. The fraction of sp³-hybridized carbons (Fsp3) is 0.500. The van der Waals surface area contributed by atoms with Crippen molar-refractivity contribution in [1.29, 1.82) is 0 Å². The van der Waals surface area contributed by atoms with Crippen LogP contribution in [0.3, 0.4) is 0 Å². The van der Waals surface area contributed by atoms with Crippen molar-refractivity contribution in [3.8, 4) is 11.4 Å². The quantitative estimate of drug-likeness (QED) is 0.820. The fourth-order valence-corrected chi connectivity index (χ4v) is 3.11. The summed E-state index contributed by atoms with van der Waals surface area (Å²) in [4.78, 5) is 14.9. The lowest BCUT2D eigenvalue weighted by Gasteiger charge is -2.31. The van der Waals surface area contributed by atoms with Gasteiger partial charge in [0, 0.05) is 13.1 Å². The predicted molar refractivity (Wildman–Crippen MR) is 109 cm³/mol. The van der Waals surface area contributed by atoms with Crippen molar-refractivity contribution in [2.24, 2.45) is 5.92 Å². The highest BCUT2D eigenvalue weighted by atomic mass is 35.5. The Morgan fingerprint density at radius 1 is 1.30 bits per heavy atom. The van der Waals surface area contributed by atoms with Gasteiger partial charge in [-0.3, -0.25) is 4.79 Å². The van der Waals surface area contributed by atoms with Gasteiger partial charge in [0.1, 0.15) is 0 Å². The number of nitrogens with zero attached hydrogens (tertiary/aromatic N) is 3. The second-order valence-corrected chi connectivity index (χ2v) is 7.22. The Hall–Kier alpha value is -2.05. The van der Waals surface area contributed by atoms with E-state index in [-0.39, 0.29) is 24.4 Å². The van der Waals surface area contributed by atoms with Crippen LogP contribution in [0.15, 0.2) is 36.5 Å². The molecule has 2 heterocycles. The molecule has 6 nitrogen and oxygen atoms in total. The first-order valence-electron chi connectivity index (χ1n) is 9.32. The van der Waals surface area contributed by atoms with E-state index in [1.54, 1.807) is 10.9 Å². The van der Waals surface area contributed by atoms with Crippen LogP contribution in [-0.4, -0.2) is 53.4 Å². The van der Waals surface area contributed by atoms with Crippen molar-refractivity contribution in [3.05, 3.63) is 42.2 Å². The number of piperidine rings is 1. The molecular formula is C20H29ClN4O2. The number of nitrogens with one attached hydrogen (secondary N) is 1. The molecule has 0 bridgehead atoms. The number of hydrogen-bond donors (Lipinski definition) is 1. The average molecular weight is 393 g/mol. The van der Waals surface area contributed by atoms with Gasteiger partial charge in [0.15, 0.2) is 11.4 Å². The number of carbonyl (C=O) groups is 1. The molecule has 1 N–H and O–H groups in total. The monoisotopic (exact) mass is 392 g/mol. The van der Waals surface area contributed by atoms with Crippen LogP contribution in [0, 0.1) is 5.92 Å². The first-order valence-corrected chi connectivity index (χ1v) is 9.32. The number of para-hydroxylation sites is 1. The molecule has 0 unspecified atom stereocenters. The Morgan fingerprint density at radius 3 is 2.59 bits per heavy atom.